The summed E-state index contributed by atoms with van der Waals surface area (Å²) in [5.41, 5.74) is 0.407. The minimum Gasteiger partial charge on any atom is -0.493 e. The summed E-state index contributed by atoms with van der Waals surface area (Å²) in [6.07, 6.45) is 6.46. The van der Waals surface area contributed by atoms with Gasteiger partial charge in [-0.15, -0.1) is 6.42 Å². The maximum atomic E-state index is 13.0. The third kappa shape index (κ3) is 4.81. The van der Waals surface area contributed by atoms with Gasteiger partial charge in [-0.3, -0.25) is 14.9 Å². The third-order valence-corrected chi connectivity index (χ3v) is 4.79. The van der Waals surface area contributed by atoms with E-state index in [1.54, 1.807) is 0 Å². The molecule has 1 aliphatic heterocycles. The molecule has 0 unspecified atom stereocenters. The number of hydrogen-bond acceptors (Lipinski definition) is 7. The molecule has 10 heteroatoms. The van der Waals surface area contributed by atoms with Gasteiger partial charge in [0, 0.05) is 0 Å². The van der Waals surface area contributed by atoms with Crippen molar-refractivity contribution in [2.45, 2.75) is 0 Å². The molecule has 0 saturated carbocycles. The number of carbonyl (C=O) groups excluding carboxylic acids is 4. The number of methoxy groups -OCH3 is 2. The number of benzene rings is 2. The highest BCUT2D eigenvalue weighted by Gasteiger charge is 2.37. The number of halogens is 1. The van der Waals surface area contributed by atoms with Crippen molar-refractivity contribution in [3.8, 4) is 23.8 Å². The molecule has 0 radical (unpaired) electrons. The number of terminal acetylenes is 1. The van der Waals surface area contributed by atoms with Crippen LogP contribution in [-0.4, -0.2) is 44.6 Å². The van der Waals surface area contributed by atoms with Crippen molar-refractivity contribution >= 4 is 47.2 Å². The van der Waals surface area contributed by atoms with Crippen LogP contribution >= 0.6 is 11.6 Å². The number of imide groups is 2. The first kappa shape index (κ1) is 23.4. The quantitative estimate of drug-likeness (QED) is 0.300. The monoisotopic (exact) mass is 468 g/mol. The molecule has 2 aromatic carbocycles. The van der Waals surface area contributed by atoms with E-state index in [1.165, 1.54) is 56.7 Å². The zero-order chi connectivity index (χ0) is 24.1. The van der Waals surface area contributed by atoms with Gasteiger partial charge in [-0.2, -0.15) is 0 Å². The number of carbonyl (C=O) groups is 4. The predicted molar refractivity (Wildman–Crippen MR) is 119 cm³/mol. The molecule has 1 fully saturated rings. The van der Waals surface area contributed by atoms with Crippen LogP contribution in [0.1, 0.15) is 15.9 Å². The molecule has 0 aromatic heterocycles. The highest BCUT2D eigenvalue weighted by atomic mass is 35.5. The summed E-state index contributed by atoms with van der Waals surface area (Å²) < 4.78 is 15.3. The lowest BCUT2D eigenvalue weighted by atomic mass is 10.1. The highest BCUT2D eigenvalue weighted by molar-refractivity contribution is 6.39. The molecule has 4 amide bonds. The van der Waals surface area contributed by atoms with E-state index in [0.29, 0.717) is 5.56 Å². The first-order valence-electron chi connectivity index (χ1n) is 9.34. The average Bonchev–Trinajstić information content (AvgIpc) is 2.80. The van der Waals surface area contributed by atoms with E-state index in [4.69, 9.17) is 27.5 Å². The molecule has 0 spiro atoms. The summed E-state index contributed by atoms with van der Waals surface area (Å²) in [5.74, 6) is 0.441. The number of nitrogens with one attached hydrogen (secondary N) is 1. The van der Waals surface area contributed by atoms with Crippen molar-refractivity contribution in [3.63, 3.8) is 0 Å². The Morgan fingerprint density at radius 3 is 2.48 bits per heavy atom. The van der Waals surface area contributed by atoms with Crippen molar-refractivity contribution in [3.05, 3.63) is 58.1 Å². The second-order valence-corrected chi connectivity index (χ2v) is 6.93. The summed E-state index contributed by atoms with van der Waals surface area (Å²) in [7, 11) is 2.62. The van der Waals surface area contributed by atoms with Crippen LogP contribution in [0.25, 0.3) is 6.08 Å². The number of rotatable bonds is 6. The minimum atomic E-state index is -0.929. The Balaban J connectivity index is 1.98. The number of esters is 1. The molecule has 0 atom stereocenters. The normalized spacial score (nSPS) is 14.5. The molecular formula is C23H17ClN2O7. The summed E-state index contributed by atoms with van der Waals surface area (Å²) in [6, 6.07) is 7.57. The summed E-state index contributed by atoms with van der Waals surface area (Å²) >= 11 is 6.25. The molecule has 1 aliphatic rings. The van der Waals surface area contributed by atoms with Crippen molar-refractivity contribution in [2.75, 3.05) is 25.7 Å². The van der Waals surface area contributed by atoms with Gasteiger partial charge in [0.25, 0.3) is 11.8 Å². The van der Waals surface area contributed by atoms with E-state index in [2.05, 4.69) is 16.0 Å². The van der Waals surface area contributed by atoms with E-state index < -0.39 is 23.8 Å². The number of amides is 4. The Kier molecular flexibility index (Phi) is 7.00. The Labute approximate surface area is 193 Å². The standard InChI is InChI=1S/C23H17ClN2O7/c1-4-9-33-19-17(24)11-13(12-18(19)31-2)10-16-20(27)25-23(30)26(21(16)28)15-7-5-14(6-8-15)22(29)32-3/h1,5-8,10-12H,9H2,2-3H3,(H,25,27,30)/b16-10+. The molecule has 1 N–H and O–H groups in total. The number of hydrogen-bond donors (Lipinski definition) is 1. The third-order valence-electron chi connectivity index (χ3n) is 4.51. The van der Waals surface area contributed by atoms with Crippen molar-refractivity contribution in [2.24, 2.45) is 0 Å². The Morgan fingerprint density at radius 2 is 1.88 bits per heavy atom. The molecule has 1 heterocycles. The maximum absolute atomic E-state index is 13.0. The van der Waals surface area contributed by atoms with Gasteiger partial charge in [0.05, 0.1) is 30.5 Å². The number of urea groups is 1. The van der Waals surface area contributed by atoms with Crippen LogP contribution in [0.15, 0.2) is 42.0 Å². The number of ether oxygens (including phenoxy) is 3. The Morgan fingerprint density at radius 1 is 1.18 bits per heavy atom. The van der Waals surface area contributed by atoms with Gasteiger partial charge in [0.15, 0.2) is 11.5 Å². The molecular weight excluding hydrogens is 452 g/mol. The van der Waals surface area contributed by atoms with Gasteiger partial charge in [-0.05, 0) is 48.0 Å². The van der Waals surface area contributed by atoms with Crippen LogP contribution in [0, 0.1) is 12.3 Å². The molecule has 1 saturated heterocycles. The lowest BCUT2D eigenvalue weighted by Crippen LogP contribution is -2.54. The van der Waals surface area contributed by atoms with E-state index in [9.17, 15) is 19.2 Å². The van der Waals surface area contributed by atoms with Crippen molar-refractivity contribution in [1.82, 2.24) is 5.32 Å². The van der Waals surface area contributed by atoms with Crippen LogP contribution < -0.4 is 19.7 Å². The fourth-order valence-electron chi connectivity index (χ4n) is 3.00. The Hall–Kier alpha value is -4.29. The zero-order valence-electron chi connectivity index (χ0n) is 17.5. The average molecular weight is 469 g/mol. The largest absolute Gasteiger partial charge is 0.493 e. The molecule has 0 aliphatic carbocycles. The van der Waals surface area contributed by atoms with Gasteiger partial charge in [-0.25, -0.2) is 14.5 Å². The maximum Gasteiger partial charge on any atom is 0.337 e. The van der Waals surface area contributed by atoms with E-state index >= 15 is 0 Å². The van der Waals surface area contributed by atoms with E-state index in [-0.39, 0.29) is 40.0 Å². The first-order chi connectivity index (χ1) is 15.8. The SMILES string of the molecule is C#CCOc1c(Cl)cc(/C=C2\C(=O)NC(=O)N(c3ccc(C(=O)OC)cc3)C2=O)cc1OC. The van der Waals surface area contributed by atoms with Crippen LogP contribution in [0.5, 0.6) is 11.5 Å². The topological polar surface area (TPSA) is 111 Å². The summed E-state index contributed by atoms with van der Waals surface area (Å²) in [5, 5.41) is 2.26. The van der Waals surface area contributed by atoms with Gasteiger partial charge in [0.1, 0.15) is 12.2 Å². The lowest BCUT2D eigenvalue weighted by molar-refractivity contribution is -0.122. The smallest absolute Gasteiger partial charge is 0.337 e. The fourth-order valence-corrected chi connectivity index (χ4v) is 3.27. The van der Waals surface area contributed by atoms with Gasteiger partial charge < -0.3 is 14.2 Å². The molecule has 168 valence electrons. The number of barbiturate groups is 1. The molecule has 3 rings (SSSR count). The molecule has 33 heavy (non-hydrogen) atoms. The summed E-state index contributed by atoms with van der Waals surface area (Å²) in [6.45, 7) is -0.0384. The highest BCUT2D eigenvalue weighted by Crippen LogP contribution is 2.37. The van der Waals surface area contributed by atoms with Crippen LogP contribution in [0.2, 0.25) is 5.02 Å². The fraction of sp³-hybridized carbons (Fsp3) is 0.130. The van der Waals surface area contributed by atoms with Crippen LogP contribution in [-0.2, 0) is 14.3 Å². The van der Waals surface area contributed by atoms with E-state index in [0.717, 1.165) is 4.90 Å². The predicted octanol–water partition coefficient (Wildman–Crippen LogP) is 2.81. The van der Waals surface area contributed by atoms with Gasteiger partial charge in [-0.1, -0.05) is 17.5 Å². The van der Waals surface area contributed by atoms with Gasteiger partial charge in [0.2, 0.25) is 0 Å². The van der Waals surface area contributed by atoms with Crippen LogP contribution in [0.3, 0.4) is 0 Å². The molecule has 2 aromatic rings. The summed E-state index contributed by atoms with van der Waals surface area (Å²) in [4.78, 5) is 50.2. The van der Waals surface area contributed by atoms with Crippen molar-refractivity contribution in [1.29, 1.82) is 0 Å². The zero-order valence-corrected chi connectivity index (χ0v) is 18.3. The van der Waals surface area contributed by atoms with Gasteiger partial charge >= 0.3 is 12.0 Å². The first-order valence-corrected chi connectivity index (χ1v) is 9.72. The van der Waals surface area contributed by atoms with Crippen LogP contribution in [0.4, 0.5) is 10.5 Å². The number of nitrogens with zero attached hydrogens (tertiary/aromatic N) is 1. The van der Waals surface area contributed by atoms with Crippen molar-refractivity contribution < 1.29 is 33.4 Å². The second kappa shape index (κ2) is 9.89. The Bertz CT molecular complexity index is 1210. The lowest BCUT2D eigenvalue weighted by Gasteiger charge is -2.26. The second-order valence-electron chi connectivity index (χ2n) is 6.52. The minimum absolute atomic E-state index is 0.0384. The van der Waals surface area contributed by atoms with E-state index in [1.807, 2.05) is 0 Å². The molecule has 0 bridgehead atoms. The number of anilines is 1. The molecule has 9 nitrogen and oxygen atoms in total.